The lowest BCUT2D eigenvalue weighted by atomic mass is 10.2. The molecule has 0 amide bonds. The Morgan fingerprint density at radius 3 is 1.77 bits per heavy atom. The van der Waals surface area contributed by atoms with Crippen molar-refractivity contribution in [2.24, 2.45) is 0 Å². The molecule has 0 N–H and O–H groups in total. The van der Waals surface area contributed by atoms with E-state index in [1.54, 1.807) is 0 Å². The van der Waals surface area contributed by atoms with Gasteiger partial charge in [0.05, 0.1) is 18.0 Å². The fourth-order valence-corrected chi connectivity index (χ4v) is 0.565. The molecule has 8 heteroatoms. The van der Waals surface area contributed by atoms with Crippen molar-refractivity contribution in [3.05, 3.63) is 18.0 Å². The fourth-order valence-electron chi connectivity index (χ4n) is 0.565. The number of nitrogens with zero attached hydrogens (tertiary/aromatic N) is 3. The molecular weight excluding hydrogens is 197 g/mol. The second kappa shape index (κ2) is 2.86. The Morgan fingerprint density at radius 1 is 0.923 bits per heavy atom. The Kier molecular flexibility index (Phi) is 2.14. The summed E-state index contributed by atoms with van der Waals surface area (Å²) >= 11 is 0. The molecular formula is C5H2F5N3. The van der Waals surface area contributed by atoms with E-state index in [9.17, 15) is 22.0 Å². The predicted molar refractivity (Wildman–Crippen MR) is 29.8 cm³/mol. The lowest BCUT2D eigenvalue weighted by Crippen LogP contribution is -2.33. The van der Waals surface area contributed by atoms with Crippen LogP contribution in [0, 0.1) is 0 Å². The first-order chi connectivity index (χ1) is 5.86. The number of hydrogen-bond donors (Lipinski definition) is 0. The van der Waals surface area contributed by atoms with Gasteiger partial charge in [-0.15, -0.1) is 10.2 Å². The molecule has 0 radical (unpaired) electrons. The van der Waals surface area contributed by atoms with E-state index in [1.165, 1.54) is 0 Å². The minimum Gasteiger partial charge on any atom is -0.191 e. The van der Waals surface area contributed by atoms with E-state index < -0.39 is 17.7 Å². The van der Waals surface area contributed by atoms with E-state index in [0.29, 0.717) is 12.4 Å². The van der Waals surface area contributed by atoms with Crippen LogP contribution in [-0.2, 0) is 5.92 Å². The van der Waals surface area contributed by atoms with Crippen molar-refractivity contribution in [3.63, 3.8) is 0 Å². The minimum atomic E-state index is -5.64. The summed E-state index contributed by atoms with van der Waals surface area (Å²) in [5.74, 6) is -4.93. The van der Waals surface area contributed by atoms with Crippen LogP contribution in [0.5, 0.6) is 0 Å². The third-order valence-electron chi connectivity index (χ3n) is 1.22. The van der Waals surface area contributed by atoms with Crippen LogP contribution < -0.4 is 0 Å². The summed E-state index contributed by atoms with van der Waals surface area (Å²) in [4.78, 5) is 0. The van der Waals surface area contributed by atoms with E-state index >= 15 is 0 Å². The van der Waals surface area contributed by atoms with Crippen LogP contribution >= 0.6 is 0 Å². The highest BCUT2D eigenvalue weighted by Crippen LogP contribution is 2.42. The molecule has 0 bridgehead atoms. The smallest absolute Gasteiger partial charge is 0.191 e. The molecule has 0 aliphatic carbocycles. The van der Waals surface area contributed by atoms with Crippen LogP contribution in [0.15, 0.2) is 12.4 Å². The Balaban J connectivity index is 3.08. The number of alkyl halides is 5. The van der Waals surface area contributed by atoms with Gasteiger partial charge in [0.25, 0.3) is 0 Å². The van der Waals surface area contributed by atoms with Gasteiger partial charge < -0.3 is 0 Å². The maximum absolute atomic E-state index is 12.4. The molecule has 13 heavy (non-hydrogen) atoms. The van der Waals surface area contributed by atoms with Gasteiger partial charge in [-0.25, -0.2) is 0 Å². The Labute approximate surface area is 68.6 Å². The average Bonchev–Trinajstić information content (AvgIpc) is 2.04. The third-order valence-corrected chi connectivity index (χ3v) is 1.22. The maximum Gasteiger partial charge on any atom is 0.458 e. The lowest BCUT2D eigenvalue weighted by Gasteiger charge is -2.18. The molecule has 1 heterocycles. The van der Waals surface area contributed by atoms with E-state index in [1.807, 2.05) is 0 Å². The van der Waals surface area contributed by atoms with Gasteiger partial charge in [-0.05, 0) is 5.21 Å². The molecule has 1 rings (SSSR count). The van der Waals surface area contributed by atoms with Gasteiger partial charge >= 0.3 is 12.1 Å². The maximum atomic E-state index is 12.4. The topological polar surface area (TPSA) is 38.7 Å². The lowest BCUT2D eigenvalue weighted by molar-refractivity contribution is -0.289. The first-order valence-electron chi connectivity index (χ1n) is 2.94. The first-order valence-corrected chi connectivity index (χ1v) is 2.94. The molecule has 1 aromatic heterocycles. The normalized spacial score (nSPS) is 13.0. The highest BCUT2D eigenvalue weighted by atomic mass is 19.4. The summed E-state index contributed by atoms with van der Waals surface area (Å²) in [5, 5.41) is 8.49. The standard InChI is InChI=1S/C5H2F5N3/c6-4(7,5(8,9)10)3-1-11-13-12-2-3/h1-2H. The van der Waals surface area contributed by atoms with Crippen LogP contribution in [-0.4, -0.2) is 21.6 Å². The highest BCUT2D eigenvalue weighted by Gasteiger charge is 2.59. The van der Waals surface area contributed by atoms with Crippen molar-refractivity contribution >= 4 is 0 Å². The van der Waals surface area contributed by atoms with Gasteiger partial charge in [-0.2, -0.15) is 22.0 Å². The van der Waals surface area contributed by atoms with Crippen molar-refractivity contribution in [2.45, 2.75) is 12.1 Å². The number of aromatic nitrogens is 3. The van der Waals surface area contributed by atoms with Gasteiger partial charge in [0.15, 0.2) is 0 Å². The van der Waals surface area contributed by atoms with Gasteiger partial charge in [0, 0.05) is 0 Å². The summed E-state index contributed by atoms with van der Waals surface area (Å²) in [6, 6.07) is 0. The van der Waals surface area contributed by atoms with E-state index in [4.69, 9.17) is 0 Å². The summed E-state index contributed by atoms with van der Waals surface area (Å²) in [7, 11) is 0. The predicted octanol–water partition coefficient (Wildman–Crippen LogP) is 1.53. The first kappa shape index (κ1) is 9.75. The van der Waals surface area contributed by atoms with Crippen LogP contribution in [0.3, 0.4) is 0 Å². The second-order valence-corrected chi connectivity index (χ2v) is 2.11. The highest BCUT2D eigenvalue weighted by molar-refractivity contribution is 5.11. The zero-order chi connectivity index (χ0) is 10.1. The molecule has 0 aliphatic heterocycles. The van der Waals surface area contributed by atoms with Gasteiger partial charge in [-0.3, -0.25) is 0 Å². The molecule has 0 aromatic carbocycles. The molecule has 0 unspecified atom stereocenters. The molecule has 0 saturated heterocycles. The fraction of sp³-hybridized carbons (Fsp3) is 0.400. The summed E-state index contributed by atoms with van der Waals surface area (Å²) in [6.45, 7) is 0. The molecule has 0 fully saturated rings. The summed E-state index contributed by atoms with van der Waals surface area (Å²) in [5.41, 5.74) is -1.32. The molecule has 0 spiro atoms. The van der Waals surface area contributed by atoms with Crippen LogP contribution in [0.25, 0.3) is 0 Å². The molecule has 0 atom stereocenters. The SMILES string of the molecule is FC(F)(F)C(F)(F)c1cnnnc1. The van der Waals surface area contributed by atoms with Crippen LogP contribution in [0.1, 0.15) is 5.56 Å². The zero-order valence-corrected chi connectivity index (χ0v) is 5.89. The van der Waals surface area contributed by atoms with Gasteiger partial charge in [0.2, 0.25) is 0 Å². The quantitative estimate of drug-likeness (QED) is 0.643. The monoisotopic (exact) mass is 199 g/mol. The third kappa shape index (κ3) is 1.70. The van der Waals surface area contributed by atoms with Gasteiger partial charge in [0.1, 0.15) is 0 Å². The molecule has 1 aromatic rings. The zero-order valence-electron chi connectivity index (χ0n) is 5.89. The minimum absolute atomic E-state index is 0.320. The van der Waals surface area contributed by atoms with E-state index in [-0.39, 0.29) is 0 Å². The van der Waals surface area contributed by atoms with Gasteiger partial charge in [-0.1, -0.05) is 0 Å². The van der Waals surface area contributed by atoms with Crippen molar-refractivity contribution in [3.8, 4) is 0 Å². The molecule has 0 saturated carbocycles. The van der Waals surface area contributed by atoms with Crippen LogP contribution in [0.2, 0.25) is 0 Å². The second-order valence-electron chi connectivity index (χ2n) is 2.11. The van der Waals surface area contributed by atoms with Crippen LogP contribution in [0.4, 0.5) is 22.0 Å². The number of hydrogen-bond acceptors (Lipinski definition) is 3. The summed E-state index contributed by atoms with van der Waals surface area (Å²) in [6.07, 6.45) is -5.00. The Hall–Kier alpha value is -1.34. The molecule has 0 aliphatic rings. The number of halogens is 5. The van der Waals surface area contributed by atoms with Crippen molar-refractivity contribution in [2.75, 3.05) is 0 Å². The number of rotatable bonds is 1. The average molecular weight is 199 g/mol. The summed E-state index contributed by atoms with van der Waals surface area (Å²) < 4.78 is 59.9. The Bertz CT molecular complexity index is 282. The molecule has 72 valence electrons. The van der Waals surface area contributed by atoms with E-state index in [0.717, 1.165) is 0 Å². The molecule has 3 nitrogen and oxygen atoms in total. The van der Waals surface area contributed by atoms with Crippen molar-refractivity contribution in [1.82, 2.24) is 15.4 Å². The van der Waals surface area contributed by atoms with Crippen molar-refractivity contribution < 1.29 is 22.0 Å². The Morgan fingerprint density at radius 2 is 1.38 bits per heavy atom. The van der Waals surface area contributed by atoms with Crippen molar-refractivity contribution in [1.29, 1.82) is 0 Å². The van der Waals surface area contributed by atoms with E-state index in [2.05, 4.69) is 15.4 Å². The largest absolute Gasteiger partial charge is 0.458 e.